The van der Waals surface area contributed by atoms with Crippen LogP contribution in [0.3, 0.4) is 0 Å². The summed E-state index contributed by atoms with van der Waals surface area (Å²) in [6.07, 6.45) is 5.18. The van der Waals surface area contributed by atoms with Gasteiger partial charge in [-0.15, -0.1) is 0 Å². The van der Waals surface area contributed by atoms with Gasteiger partial charge in [0.15, 0.2) is 11.5 Å². The fraction of sp³-hybridized carbons (Fsp3) is 0.375. The molecule has 4 aromatic rings. The number of pyridine rings is 1. The van der Waals surface area contributed by atoms with E-state index >= 15 is 0 Å². The van der Waals surface area contributed by atoms with Gasteiger partial charge in [0, 0.05) is 22.7 Å². The zero-order chi connectivity index (χ0) is 22.4. The van der Waals surface area contributed by atoms with Crippen molar-refractivity contribution in [2.75, 3.05) is 19.6 Å². The van der Waals surface area contributed by atoms with Gasteiger partial charge in [0.25, 0.3) is 0 Å². The average Bonchev–Trinajstić information content (AvgIpc) is 3.38. The average molecular weight is 435 g/mol. The number of nitrogens with two attached hydrogens (primary N) is 1. The molecule has 0 radical (unpaired) electrons. The van der Waals surface area contributed by atoms with Crippen LogP contribution in [0.1, 0.15) is 49.7 Å². The number of benzene rings is 1. The molecule has 8 heteroatoms. The molecule has 5 rings (SSSR count). The molecule has 166 valence electrons. The summed E-state index contributed by atoms with van der Waals surface area (Å²) in [6, 6.07) is 8.11. The number of hydrogen-bond donors (Lipinski definition) is 2. The number of carbonyl (C=O) groups is 1. The maximum atomic E-state index is 14.6. The molecule has 0 spiro atoms. The van der Waals surface area contributed by atoms with Gasteiger partial charge in [0.05, 0.1) is 12.2 Å². The smallest absolute Gasteiger partial charge is 0.231 e. The highest BCUT2D eigenvalue weighted by Gasteiger charge is 2.23. The molecule has 0 aliphatic carbocycles. The molecular weight excluding hydrogens is 407 g/mol. The number of likely N-dealkylation sites (tertiary alicyclic amines) is 1. The van der Waals surface area contributed by atoms with Crippen LogP contribution >= 0.6 is 0 Å². The first-order valence-electron chi connectivity index (χ1n) is 11.1. The Kier molecular flexibility index (Phi) is 5.17. The van der Waals surface area contributed by atoms with E-state index in [-0.39, 0.29) is 17.5 Å². The lowest BCUT2D eigenvalue weighted by atomic mass is 9.87. The number of amides is 1. The highest BCUT2D eigenvalue weighted by Crippen LogP contribution is 2.38. The van der Waals surface area contributed by atoms with Crippen LogP contribution in [-0.4, -0.2) is 50.0 Å². The zero-order valence-electron chi connectivity index (χ0n) is 18.3. The van der Waals surface area contributed by atoms with Crippen molar-refractivity contribution in [1.29, 1.82) is 0 Å². The van der Waals surface area contributed by atoms with Crippen molar-refractivity contribution in [3.05, 3.63) is 53.7 Å². The molecule has 1 amide bonds. The van der Waals surface area contributed by atoms with E-state index in [2.05, 4.69) is 52.0 Å². The van der Waals surface area contributed by atoms with Crippen molar-refractivity contribution in [2.45, 2.75) is 38.5 Å². The topological polar surface area (TPSA) is 92.3 Å². The summed E-state index contributed by atoms with van der Waals surface area (Å²) >= 11 is 0. The molecule has 1 saturated heterocycles. The third-order valence-electron chi connectivity index (χ3n) is 6.50. The lowest BCUT2D eigenvalue weighted by Gasteiger charge is -2.31. The first-order valence-corrected chi connectivity index (χ1v) is 11.1. The van der Waals surface area contributed by atoms with Crippen LogP contribution in [0, 0.1) is 5.82 Å². The van der Waals surface area contributed by atoms with Crippen molar-refractivity contribution in [1.82, 2.24) is 24.5 Å². The Morgan fingerprint density at radius 2 is 2.06 bits per heavy atom. The Hall–Kier alpha value is -3.26. The number of hydrogen-bond acceptors (Lipinski definition) is 4. The number of rotatable bonds is 5. The van der Waals surface area contributed by atoms with Crippen molar-refractivity contribution >= 4 is 22.5 Å². The van der Waals surface area contributed by atoms with Crippen LogP contribution in [0.4, 0.5) is 4.39 Å². The molecule has 4 heterocycles. The Bertz CT molecular complexity index is 1300. The standard InChI is InChI=1S/C24H27FN6O/c1-14(2)22-18-9-16(15-5-7-30(8-6-15)12-21(26)32)3-4-20(18)29-23(22)17-10-19(25)24-27-13-28-31(24)11-17/h3-4,9-11,13-15,29H,5-8,12H2,1-2H3,(H2,26,32). The Morgan fingerprint density at radius 3 is 2.78 bits per heavy atom. The summed E-state index contributed by atoms with van der Waals surface area (Å²) in [5, 5.41) is 5.28. The van der Waals surface area contributed by atoms with Gasteiger partial charge in [-0.25, -0.2) is 13.9 Å². The Labute approximate surface area is 185 Å². The lowest BCUT2D eigenvalue weighted by Crippen LogP contribution is -2.39. The van der Waals surface area contributed by atoms with E-state index in [1.807, 2.05) is 6.20 Å². The van der Waals surface area contributed by atoms with Gasteiger partial charge in [0.2, 0.25) is 5.91 Å². The normalized spacial score (nSPS) is 15.9. The molecule has 1 fully saturated rings. The molecule has 0 bridgehead atoms. The highest BCUT2D eigenvalue weighted by atomic mass is 19.1. The third-order valence-corrected chi connectivity index (χ3v) is 6.50. The number of piperidine rings is 1. The SMILES string of the molecule is CC(C)c1c(-c2cc(F)c3ncnn3c2)[nH]c2ccc(C3CCN(CC(N)=O)CC3)cc12. The van der Waals surface area contributed by atoms with Crippen LogP contribution in [0.5, 0.6) is 0 Å². The maximum absolute atomic E-state index is 14.6. The molecule has 3 N–H and O–H groups in total. The summed E-state index contributed by atoms with van der Waals surface area (Å²) in [5.74, 6) is 0.0373. The minimum absolute atomic E-state index is 0.223. The molecule has 1 aromatic carbocycles. The fourth-order valence-electron chi connectivity index (χ4n) is 4.98. The molecule has 7 nitrogen and oxygen atoms in total. The van der Waals surface area contributed by atoms with Crippen LogP contribution in [0.2, 0.25) is 0 Å². The summed E-state index contributed by atoms with van der Waals surface area (Å²) in [7, 11) is 0. The molecule has 0 saturated carbocycles. The van der Waals surface area contributed by atoms with Gasteiger partial charge in [-0.3, -0.25) is 9.69 Å². The van der Waals surface area contributed by atoms with E-state index in [9.17, 15) is 9.18 Å². The first-order chi connectivity index (χ1) is 15.4. The second kappa shape index (κ2) is 8.02. The van der Waals surface area contributed by atoms with Crippen molar-refractivity contribution < 1.29 is 9.18 Å². The Morgan fingerprint density at radius 1 is 1.28 bits per heavy atom. The minimum atomic E-state index is -0.392. The van der Waals surface area contributed by atoms with Gasteiger partial charge in [-0.05, 0) is 67.1 Å². The van der Waals surface area contributed by atoms with Crippen molar-refractivity contribution in [3.8, 4) is 11.3 Å². The number of primary amides is 1. The molecule has 0 atom stereocenters. The summed E-state index contributed by atoms with van der Waals surface area (Å²) in [5.41, 5.74) is 10.8. The molecular formula is C24H27FN6O. The Balaban J connectivity index is 1.52. The number of nitrogens with one attached hydrogen (secondary N) is 1. The number of carbonyl (C=O) groups excluding carboxylic acids is 1. The number of fused-ring (bicyclic) bond motifs is 2. The molecule has 1 aliphatic heterocycles. The van der Waals surface area contributed by atoms with Crippen LogP contribution in [-0.2, 0) is 4.79 Å². The van der Waals surface area contributed by atoms with E-state index in [1.165, 1.54) is 33.4 Å². The highest BCUT2D eigenvalue weighted by molar-refractivity contribution is 5.92. The second-order valence-corrected chi connectivity index (χ2v) is 9.00. The van der Waals surface area contributed by atoms with E-state index < -0.39 is 5.82 Å². The maximum Gasteiger partial charge on any atom is 0.231 e. The van der Waals surface area contributed by atoms with Crippen molar-refractivity contribution in [2.24, 2.45) is 5.73 Å². The van der Waals surface area contributed by atoms with Gasteiger partial charge in [0.1, 0.15) is 6.33 Å². The molecule has 3 aromatic heterocycles. The van der Waals surface area contributed by atoms with Gasteiger partial charge >= 0.3 is 0 Å². The minimum Gasteiger partial charge on any atom is -0.369 e. The number of aromatic amines is 1. The monoisotopic (exact) mass is 434 g/mol. The van der Waals surface area contributed by atoms with E-state index in [0.717, 1.165) is 42.7 Å². The second-order valence-electron chi connectivity index (χ2n) is 9.00. The lowest BCUT2D eigenvalue weighted by molar-refractivity contribution is -0.119. The molecule has 1 aliphatic rings. The summed E-state index contributed by atoms with van der Waals surface area (Å²) in [4.78, 5) is 20.8. The van der Waals surface area contributed by atoms with Gasteiger partial charge in [-0.1, -0.05) is 19.9 Å². The van der Waals surface area contributed by atoms with Crippen LogP contribution in [0.15, 0.2) is 36.8 Å². The number of aromatic nitrogens is 4. The molecule has 32 heavy (non-hydrogen) atoms. The number of halogens is 1. The number of nitrogens with zero attached hydrogens (tertiary/aromatic N) is 4. The first kappa shape index (κ1) is 20.6. The van der Waals surface area contributed by atoms with Crippen LogP contribution < -0.4 is 5.73 Å². The van der Waals surface area contributed by atoms with E-state index in [1.54, 1.807) is 0 Å². The number of H-pyrrole nitrogens is 1. The van der Waals surface area contributed by atoms with Gasteiger partial charge in [-0.2, -0.15) is 5.10 Å². The third kappa shape index (κ3) is 3.64. The largest absolute Gasteiger partial charge is 0.369 e. The van der Waals surface area contributed by atoms with E-state index in [4.69, 9.17) is 5.73 Å². The quantitative estimate of drug-likeness (QED) is 0.500. The zero-order valence-corrected chi connectivity index (χ0v) is 18.3. The van der Waals surface area contributed by atoms with E-state index in [0.29, 0.717) is 12.5 Å². The summed E-state index contributed by atoms with van der Waals surface area (Å²) in [6.45, 7) is 6.39. The molecule has 0 unspecified atom stereocenters. The van der Waals surface area contributed by atoms with Crippen LogP contribution in [0.25, 0.3) is 27.8 Å². The fourth-order valence-corrected chi connectivity index (χ4v) is 4.98. The van der Waals surface area contributed by atoms with Crippen molar-refractivity contribution in [3.63, 3.8) is 0 Å². The predicted molar refractivity (Wildman–Crippen MR) is 122 cm³/mol. The predicted octanol–water partition coefficient (Wildman–Crippen LogP) is 3.80. The van der Waals surface area contributed by atoms with Gasteiger partial charge < -0.3 is 10.7 Å². The summed E-state index contributed by atoms with van der Waals surface area (Å²) < 4.78 is 16.1.